The van der Waals surface area contributed by atoms with Crippen LogP contribution >= 0.6 is 11.3 Å². The first kappa shape index (κ1) is 23.9. The van der Waals surface area contributed by atoms with Crippen molar-refractivity contribution in [3.63, 3.8) is 0 Å². The molecule has 2 rings (SSSR count). The summed E-state index contributed by atoms with van der Waals surface area (Å²) < 4.78 is 0. The van der Waals surface area contributed by atoms with Crippen molar-refractivity contribution in [3.05, 3.63) is 57.8 Å². The molecule has 0 aliphatic carbocycles. The quantitative estimate of drug-likeness (QED) is 0.341. The van der Waals surface area contributed by atoms with Gasteiger partial charge in [-0.05, 0) is 57.1 Å². The molecule has 1 aromatic heterocycles. The number of likely N-dealkylation sites (N-methyl/N-ethyl adjacent to an activating group) is 1. The van der Waals surface area contributed by atoms with Crippen molar-refractivity contribution in [2.24, 2.45) is 4.99 Å². The van der Waals surface area contributed by atoms with Crippen LogP contribution in [0.2, 0.25) is 0 Å². The Balaban J connectivity index is 1.97. The highest BCUT2D eigenvalue weighted by Crippen LogP contribution is 2.24. The number of amides is 1. The molecule has 0 aliphatic rings. The summed E-state index contributed by atoms with van der Waals surface area (Å²) in [5.41, 5.74) is 0.590. The van der Waals surface area contributed by atoms with Crippen molar-refractivity contribution in [3.8, 4) is 0 Å². The zero-order valence-corrected chi connectivity index (χ0v) is 19.1. The summed E-state index contributed by atoms with van der Waals surface area (Å²) in [6.07, 6.45) is 0. The van der Waals surface area contributed by atoms with Crippen LogP contribution < -0.4 is 16.0 Å². The molecule has 0 bridgehead atoms. The van der Waals surface area contributed by atoms with Crippen molar-refractivity contribution in [1.29, 1.82) is 0 Å². The molecule has 1 amide bonds. The lowest BCUT2D eigenvalue weighted by Crippen LogP contribution is -2.44. The molecule has 0 radical (unpaired) electrons. The normalized spacial score (nSPS) is 13.7. The molecule has 4 N–H and O–H groups in total. The van der Waals surface area contributed by atoms with Gasteiger partial charge in [0.05, 0.1) is 13.1 Å². The number of guanidine groups is 1. The van der Waals surface area contributed by atoms with Crippen LogP contribution in [0.1, 0.15) is 34.6 Å². The van der Waals surface area contributed by atoms with Crippen LogP contribution in [0.5, 0.6) is 0 Å². The van der Waals surface area contributed by atoms with Gasteiger partial charge in [-0.3, -0.25) is 4.79 Å². The lowest BCUT2D eigenvalue weighted by Gasteiger charge is -2.23. The number of carbonyl (C=O) groups excluding carboxylic acids is 1. The minimum Gasteiger partial charge on any atom is -0.383 e. The Labute approximate surface area is 183 Å². The van der Waals surface area contributed by atoms with Gasteiger partial charge >= 0.3 is 0 Å². The van der Waals surface area contributed by atoms with E-state index in [2.05, 4.69) is 20.9 Å². The van der Waals surface area contributed by atoms with Gasteiger partial charge in [0.15, 0.2) is 5.96 Å². The maximum absolute atomic E-state index is 12.3. The highest BCUT2D eigenvalue weighted by molar-refractivity contribution is 7.10. The maximum Gasteiger partial charge on any atom is 0.251 e. The summed E-state index contributed by atoms with van der Waals surface area (Å²) in [5.74, 6) is 0.537. The topological polar surface area (TPSA) is 89.0 Å². The zero-order valence-electron chi connectivity index (χ0n) is 18.2. The van der Waals surface area contributed by atoms with Crippen LogP contribution in [0.15, 0.2) is 46.8 Å². The second-order valence-electron chi connectivity index (χ2n) is 7.56. The Morgan fingerprint density at radius 3 is 2.67 bits per heavy atom. The number of hydrogen-bond acceptors (Lipinski definition) is 5. The summed E-state index contributed by atoms with van der Waals surface area (Å²) in [6, 6.07) is 11.3. The van der Waals surface area contributed by atoms with Gasteiger partial charge in [-0.25, -0.2) is 4.99 Å². The number of nitrogens with one attached hydrogen (secondary N) is 3. The van der Waals surface area contributed by atoms with Gasteiger partial charge in [0.1, 0.15) is 5.60 Å². The number of aliphatic hydroxyl groups is 1. The second-order valence-corrected chi connectivity index (χ2v) is 8.51. The predicted molar refractivity (Wildman–Crippen MR) is 124 cm³/mol. The van der Waals surface area contributed by atoms with Crippen LogP contribution in [0.4, 0.5) is 0 Å². The molecule has 1 aromatic carbocycles. The van der Waals surface area contributed by atoms with E-state index in [-0.39, 0.29) is 5.91 Å². The molecule has 1 atom stereocenters. The van der Waals surface area contributed by atoms with Crippen LogP contribution in [0, 0.1) is 0 Å². The largest absolute Gasteiger partial charge is 0.383 e. The van der Waals surface area contributed by atoms with Crippen molar-refractivity contribution in [2.45, 2.75) is 26.0 Å². The number of carbonyl (C=O) groups is 1. The SMILES string of the molecule is CCNC(=NCc1cccc(C(=O)NCCN(C)C)c1)NCC(C)(O)c1cccs1. The summed E-state index contributed by atoms with van der Waals surface area (Å²) in [6.45, 7) is 6.65. The molecular weight excluding hydrogens is 398 g/mol. The van der Waals surface area contributed by atoms with Crippen LogP contribution in [-0.2, 0) is 12.1 Å². The van der Waals surface area contributed by atoms with E-state index >= 15 is 0 Å². The van der Waals surface area contributed by atoms with Gasteiger partial charge in [0, 0.05) is 30.1 Å². The van der Waals surface area contributed by atoms with E-state index in [1.54, 1.807) is 13.0 Å². The molecule has 0 saturated heterocycles. The summed E-state index contributed by atoms with van der Waals surface area (Å²) in [7, 11) is 3.95. The van der Waals surface area contributed by atoms with E-state index in [4.69, 9.17) is 0 Å². The van der Waals surface area contributed by atoms with Gasteiger partial charge in [-0.2, -0.15) is 0 Å². The average Bonchev–Trinajstić information content (AvgIpc) is 3.26. The number of nitrogens with zero attached hydrogens (tertiary/aromatic N) is 2. The van der Waals surface area contributed by atoms with Crippen LogP contribution in [0.25, 0.3) is 0 Å². The van der Waals surface area contributed by atoms with Crippen molar-refractivity contribution < 1.29 is 9.90 Å². The third-order valence-corrected chi connectivity index (χ3v) is 5.57. The average molecular weight is 432 g/mol. The second kappa shape index (κ2) is 11.7. The molecule has 164 valence electrons. The molecule has 30 heavy (non-hydrogen) atoms. The summed E-state index contributed by atoms with van der Waals surface area (Å²) in [4.78, 5) is 19.9. The smallest absolute Gasteiger partial charge is 0.251 e. The Kier molecular flexibility index (Phi) is 9.29. The Bertz CT molecular complexity index is 819. The zero-order chi connectivity index (χ0) is 22.0. The third-order valence-electron chi connectivity index (χ3n) is 4.45. The summed E-state index contributed by atoms with van der Waals surface area (Å²) >= 11 is 1.53. The highest BCUT2D eigenvalue weighted by atomic mass is 32.1. The van der Waals surface area contributed by atoms with Gasteiger partial charge in [-0.15, -0.1) is 11.3 Å². The molecule has 0 fully saturated rings. The Morgan fingerprint density at radius 1 is 1.20 bits per heavy atom. The molecule has 8 heteroatoms. The van der Waals surface area contributed by atoms with Gasteiger partial charge < -0.3 is 26.0 Å². The molecule has 0 spiro atoms. The fraction of sp³-hybridized carbons (Fsp3) is 0.455. The molecule has 1 unspecified atom stereocenters. The first-order chi connectivity index (χ1) is 14.3. The van der Waals surface area contributed by atoms with E-state index in [1.807, 2.05) is 61.6 Å². The summed E-state index contributed by atoms with van der Waals surface area (Å²) in [5, 5.41) is 22.0. The molecule has 1 heterocycles. The van der Waals surface area contributed by atoms with E-state index in [9.17, 15) is 9.90 Å². The molecule has 0 aliphatic heterocycles. The van der Waals surface area contributed by atoms with Crippen LogP contribution in [0.3, 0.4) is 0 Å². The van der Waals surface area contributed by atoms with Gasteiger partial charge in [-0.1, -0.05) is 18.2 Å². The number of benzene rings is 1. The molecule has 0 saturated carbocycles. The standard InChI is InChI=1S/C22H33N5O2S/c1-5-23-21(26-16-22(2,29)19-10-7-13-30-19)25-15-17-8-6-9-18(14-17)20(28)24-11-12-27(3)4/h6-10,13-14,29H,5,11-12,15-16H2,1-4H3,(H,24,28)(H2,23,25,26). The first-order valence-electron chi connectivity index (χ1n) is 10.1. The Hall–Kier alpha value is -2.42. The number of hydrogen-bond donors (Lipinski definition) is 4. The molecule has 7 nitrogen and oxygen atoms in total. The van der Waals surface area contributed by atoms with Crippen molar-refractivity contribution >= 4 is 23.2 Å². The monoisotopic (exact) mass is 431 g/mol. The van der Waals surface area contributed by atoms with Gasteiger partial charge in [0.25, 0.3) is 5.91 Å². The number of aliphatic imine (C=N–C) groups is 1. The van der Waals surface area contributed by atoms with E-state index in [0.717, 1.165) is 17.0 Å². The fourth-order valence-electron chi connectivity index (χ4n) is 2.75. The molecule has 2 aromatic rings. The van der Waals surface area contributed by atoms with E-state index in [0.29, 0.717) is 37.7 Å². The van der Waals surface area contributed by atoms with Gasteiger partial charge in [0.2, 0.25) is 0 Å². The highest BCUT2D eigenvalue weighted by Gasteiger charge is 2.24. The number of thiophene rings is 1. The van der Waals surface area contributed by atoms with E-state index < -0.39 is 5.60 Å². The first-order valence-corrected chi connectivity index (χ1v) is 11.0. The van der Waals surface area contributed by atoms with Crippen molar-refractivity contribution in [2.75, 3.05) is 40.3 Å². The minimum absolute atomic E-state index is 0.0836. The van der Waals surface area contributed by atoms with E-state index in [1.165, 1.54) is 11.3 Å². The van der Waals surface area contributed by atoms with Crippen molar-refractivity contribution in [1.82, 2.24) is 20.9 Å². The maximum atomic E-state index is 12.3. The lowest BCUT2D eigenvalue weighted by molar-refractivity contribution is 0.0655. The number of rotatable bonds is 10. The fourth-order valence-corrected chi connectivity index (χ4v) is 3.53. The molecular formula is C22H33N5O2S. The van der Waals surface area contributed by atoms with Crippen LogP contribution in [-0.4, -0.2) is 62.1 Å². The lowest BCUT2D eigenvalue weighted by atomic mass is 10.1. The minimum atomic E-state index is -0.977. The third kappa shape index (κ3) is 7.78. The Morgan fingerprint density at radius 2 is 2.00 bits per heavy atom. The predicted octanol–water partition coefficient (Wildman–Crippen LogP) is 2.00.